The molecule has 0 radical (unpaired) electrons. The Balaban J connectivity index is 2.29. The van der Waals surface area contributed by atoms with E-state index in [9.17, 15) is 13.2 Å². The molecule has 1 aromatic rings. The van der Waals surface area contributed by atoms with Crippen LogP contribution in [-0.4, -0.2) is 39.3 Å². The van der Waals surface area contributed by atoms with Gasteiger partial charge in [-0.15, -0.1) is 0 Å². The molecule has 0 spiro atoms. The Bertz CT molecular complexity index is 590. The van der Waals surface area contributed by atoms with Gasteiger partial charge in [0.15, 0.2) is 6.10 Å². The van der Waals surface area contributed by atoms with Crippen molar-refractivity contribution < 1.29 is 17.9 Å². The van der Waals surface area contributed by atoms with Crippen LogP contribution in [0.5, 0.6) is 5.75 Å². The molecule has 0 heterocycles. The minimum Gasteiger partial charge on any atom is -0.481 e. The molecule has 0 aromatic heterocycles. The molecule has 0 aliphatic heterocycles. The first kappa shape index (κ1) is 19.7. The lowest BCUT2D eigenvalue weighted by Gasteiger charge is -2.15. The number of rotatable bonds is 10. The third-order valence-electron chi connectivity index (χ3n) is 3.01. The number of ether oxygens (including phenoxy) is 1. The van der Waals surface area contributed by atoms with Crippen LogP contribution in [0.25, 0.3) is 0 Å². The second-order valence-corrected chi connectivity index (χ2v) is 7.43. The Hall–Kier alpha value is -1.31. The van der Waals surface area contributed by atoms with Gasteiger partial charge in [0, 0.05) is 18.1 Å². The van der Waals surface area contributed by atoms with Crippen molar-refractivity contribution in [3.05, 3.63) is 29.3 Å². The van der Waals surface area contributed by atoms with Crippen LogP contribution < -0.4 is 14.8 Å². The highest BCUT2D eigenvalue weighted by Gasteiger charge is 2.14. The lowest BCUT2D eigenvalue weighted by atomic mass is 10.3. The van der Waals surface area contributed by atoms with Crippen LogP contribution in [0, 0.1) is 0 Å². The fourth-order valence-corrected chi connectivity index (χ4v) is 3.07. The second kappa shape index (κ2) is 9.75. The molecule has 0 aliphatic rings. The molecule has 0 aliphatic carbocycles. The van der Waals surface area contributed by atoms with E-state index in [1.807, 2.05) is 6.92 Å². The quantitative estimate of drug-likeness (QED) is 0.623. The summed E-state index contributed by atoms with van der Waals surface area (Å²) >= 11 is 5.77. The monoisotopic (exact) mass is 362 g/mol. The average molecular weight is 363 g/mol. The van der Waals surface area contributed by atoms with Crippen molar-refractivity contribution >= 4 is 27.5 Å². The highest BCUT2D eigenvalue weighted by Crippen LogP contribution is 2.16. The van der Waals surface area contributed by atoms with E-state index in [-0.39, 0.29) is 24.7 Å². The molecule has 1 amide bonds. The largest absolute Gasteiger partial charge is 0.481 e. The Morgan fingerprint density at radius 3 is 2.52 bits per heavy atom. The van der Waals surface area contributed by atoms with E-state index in [0.29, 0.717) is 17.2 Å². The summed E-state index contributed by atoms with van der Waals surface area (Å²) in [7, 11) is -3.26. The molecule has 2 N–H and O–H groups in total. The Kier molecular flexibility index (Phi) is 8.36. The van der Waals surface area contributed by atoms with Gasteiger partial charge in [0.2, 0.25) is 10.0 Å². The number of unbranched alkanes of at least 4 members (excludes halogenated alkanes) is 1. The van der Waals surface area contributed by atoms with Crippen LogP contribution in [0.2, 0.25) is 5.02 Å². The fourth-order valence-electron chi connectivity index (χ4n) is 1.71. The molecule has 8 heteroatoms. The summed E-state index contributed by atoms with van der Waals surface area (Å²) in [5.41, 5.74) is 0. The molecular formula is C15H23ClN2O4S. The van der Waals surface area contributed by atoms with Gasteiger partial charge in [-0.25, -0.2) is 13.1 Å². The van der Waals surface area contributed by atoms with E-state index in [1.54, 1.807) is 31.2 Å². The zero-order valence-corrected chi connectivity index (χ0v) is 14.9. The maximum absolute atomic E-state index is 11.9. The van der Waals surface area contributed by atoms with Crippen LogP contribution in [0.15, 0.2) is 24.3 Å². The van der Waals surface area contributed by atoms with E-state index in [4.69, 9.17) is 16.3 Å². The predicted molar refractivity (Wildman–Crippen MR) is 91.2 cm³/mol. The lowest BCUT2D eigenvalue weighted by molar-refractivity contribution is -0.127. The minimum atomic E-state index is -3.26. The summed E-state index contributed by atoms with van der Waals surface area (Å²) in [4.78, 5) is 11.9. The summed E-state index contributed by atoms with van der Waals surface area (Å²) in [5.74, 6) is 0.332. The first-order valence-electron chi connectivity index (χ1n) is 7.51. The van der Waals surface area contributed by atoms with Crippen molar-refractivity contribution in [2.45, 2.75) is 32.8 Å². The van der Waals surface area contributed by atoms with Crippen molar-refractivity contribution in [3.63, 3.8) is 0 Å². The topological polar surface area (TPSA) is 84.5 Å². The first-order valence-corrected chi connectivity index (χ1v) is 9.54. The van der Waals surface area contributed by atoms with Gasteiger partial charge in [-0.1, -0.05) is 24.9 Å². The Labute approximate surface area is 142 Å². The zero-order chi connectivity index (χ0) is 17.3. The van der Waals surface area contributed by atoms with Gasteiger partial charge in [0.05, 0.1) is 5.75 Å². The van der Waals surface area contributed by atoms with E-state index in [2.05, 4.69) is 10.0 Å². The van der Waals surface area contributed by atoms with Gasteiger partial charge in [-0.2, -0.15) is 0 Å². The minimum absolute atomic E-state index is 0.105. The number of halogens is 1. The molecule has 1 rings (SSSR count). The van der Waals surface area contributed by atoms with Crippen molar-refractivity contribution in [1.29, 1.82) is 0 Å². The van der Waals surface area contributed by atoms with Gasteiger partial charge in [-0.3, -0.25) is 4.79 Å². The molecule has 0 fully saturated rings. The number of nitrogens with one attached hydrogen (secondary N) is 2. The van der Waals surface area contributed by atoms with Crippen molar-refractivity contribution in [2.75, 3.05) is 18.8 Å². The number of carbonyl (C=O) groups excluding carboxylic acids is 1. The molecule has 1 aromatic carbocycles. The number of sulfonamides is 1. The Morgan fingerprint density at radius 2 is 1.91 bits per heavy atom. The number of hydrogen-bond acceptors (Lipinski definition) is 4. The third-order valence-corrected chi connectivity index (χ3v) is 4.73. The fraction of sp³-hybridized carbons (Fsp3) is 0.533. The standard InChI is InChI=1S/C15H23ClN2O4S/c1-3-4-11-23(20,21)18-10-9-17-15(19)12(2)22-14-7-5-13(16)6-8-14/h5-8,12,18H,3-4,9-11H2,1-2H3,(H,17,19). The summed E-state index contributed by atoms with van der Waals surface area (Å²) < 4.78 is 31.1. The third kappa shape index (κ3) is 8.20. The maximum atomic E-state index is 11.9. The molecule has 0 saturated carbocycles. The SMILES string of the molecule is CCCCS(=O)(=O)NCCNC(=O)C(C)Oc1ccc(Cl)cc1. The van der Waals surface area contributed by atoms with E-state index >= 15 is 0 Å². The summed E-state index contributed by atoms with van der Waals surface area (Å²) in [6.45, 7) is 3.91. The van der Waals surface area contributed by atoms with Gasteiger partial charge < -0.3 is 10.1 Å². The molecular weight excluding hydrogens is 340 g/mol. The normalized spacial score (nSPS) is 12.7. The smallest absolute Gasteiger partial charge is 0.260 e. The first-order chi connectivity index (χ1) is 10.8. The van der Waals surface area contributed by atoms with E-state index in [0.717, 1.165) is 6.42 Å². The van der Waals surface area contributed by atoms with Crippen LogP contribution in [-0.2, 0) is 14.8 Å². The maximum Gasteiger partial charge on any atom is 0.260 e. The number of amides is 1. The molecule has 130 valence electrons. The molecule has 1 unspecified atom stereocenters. The molecule has 1 atom stereocenters. The molecule has 0 saturated heterocycles. The number of benzene rings is 1. The Morgan fingerprint density at radius 1 is 1.26 bits per heavy atom. The average Bonchev–Trinajstić information content (AvgIpc) is 2.51. The van der Waals surface area contributed by atoms with Gasteiger partial charge in [0.1, 0.15) is 5.75 Å². The molecule has 0 bridgehead atoms. The highest BCUT2D eigenvalue weighted by molar-refractivity contribution is 7.89. The summed E-state index contributed by atoms with van der Waals surface area (Å²) in [5, 5.41) is 3.21. The molecule has 23 heavy (non-hydrogen) atoms. The highest BCUT2D eigenvalue weighted by atomic mass is 35.5. The van der Waals surface area contributed by atoms with Crippen molar-refractivity contribution in [3.8, 4) is 5.75 Å². The van der Waals surface area contributed by atoms with Crippen molar-refractivity contribution in [1.82, 2.24) is 10.0 Å². The van der Waals surface area contributed by atoms with Gasteiger partial charge in [-0.05, 0) is 37.6 Å². The van der Waals surface area contributed by atoms with E-state index < -0.39 is 16.1 Å². The van der Waals surface area contributed by atoms with Crippen LogP contribution in [0.1, 0.15) is 26.7 Å². The van der Waals surface area contributed by atoms with Crippen LogP contribution in [0.3, 0.4) is 0 Å². The zero-order valence-electron chi connectivity index (χ0n) is 13.3. The summed E-state index contributed by atoms with van der Waals surface area (Å²) in [6, 6.07) is 6.70. The summed E-state index contributed by atoms with van der Waals surface area (Å²) in [6.07, 6.45) is 0.748. The van der Waals surface area contributed by atoms with Gasteiger partial charge >= 0.3 is 0 Å². The van der Waals surface area contributed by atoms with Gasteiger partial charge in [0.25, 0.3) is 5.91 Å². The number of hydrogen-bond donors (Lipinski definition) is 2. The predicted octanol–water partition coefficient (Wildman–Crippen LogP) is 1.94. The van der Waals surface area contributed by atoms with Crippen molar-refractivity contribution in [2.24, 2.45) is 0 Å². The molecule has 6 nitrogen and oxygen atoms in total. The second-order valence-electron chi connectivity index (χ2n) is 5.07. The lowest BCUT2D eigenvalue weighted by Crippen LogP contribution is -2.41. The van der Waals surface area contributed by atoms with Crippen LogP contribution >= 0.6 is 11.6 Å². The number of carbonyl (C=O) groups is 1. The van der Waals surface area contributed by atoms with Crippen LogP contribution in [0.4, 0.5) is 0 Å². The van der Waals surface area contributed by atoms with E-state index in [1.165, 1.54) is 0 Å².